The first-order chi connectivity index (χ1) is 10.1. The maximum atomic E-state index is 12.3. The molecule has 112 valence electrons. The quantitative estimate of drug-likeness (QED) is 0.581. The summed E-state index contributed by atoms with van der Waals surface area (Å²) >= 11 is 0. The molecule has 2 aliphatic rings. The van der Waals surface area contributed by atoms with Gasteiger partial charge in [0.15, 0.2) is 5.69 Å². The number of nitrogens with zero attached hydrogens (tertiary/aromatic N) is 2. The molecule has 3 heterocycles. The van der Waals surface area contributed by atoms with Crippen LogP contribution in [0, 0.1) is 0 Å². The first-order valence-electron chi connectivity index (χ1n) is 6.96. The van der Waals surface area contributed by atoms with Crippen LogP contribution in [-0.2, 0) is 29.6 Å². The van der Waals surface area contributed by atoms with Gasteiger partial charge in [-0.15, -0.1) is 0 Å². The van der Waals surface area contributed by atoms with Gasteiger partial charge in [-0.25, -0.2) is 0 Å². The second-order valence-electron chi connectivity index (χ2n) is 5.30. The van der Waals surface area contributed by atoms with Gasteiger partial charge in [-0.2, -0.15) is 5.10 Å². The smallest absolute Gasteiger partial charge is 0.272 e. The van der Waals surface area contributed by atoms with Crippen LogP contribution in [0.15, 0.2) is 0 Å². The van der Waals surface area contributed by atoms with Gasteiger partial charge in [-0.3, -0.25) is 24.4 Å². The van der Waals surface area contributed by atoms with E-state index < -0.39 is 11.9 Å². The summed E-state index contributed by atoms with van der Waals surface area (Å²) in [6.07, 6.45) is 1.38. The Kier molecular flexibility index (Phi) is 3.46. The average molecular weight is 291 g/mol. The third-order valence-corrected chi connectivity index (χ3v) is 3.87. The summed E-state index contributed by atoms with van der Waals surface area (Å²) in [5.41, 5.74) is 2.28. The van der Waals surface area contributed by atoms with Crippen molar-refractivity contribution >= 4 is 17.7 Å². The number of carbonyl (C=O) groups is 3. The Bertz CT molecular complexity index is 622. The van der Waals surface area contributed by atoms with Crippen molar-refractivity contribution in [3.8, 4) is 0 Å². The molecule has 2 aliphatic heterocycles. The van der Waals surface area contributed by atoms with Gasteiger partial charge < -0.3 is 10.6 Å². The fraction of sp³-hybridized carbons (Fsp3) is 0.538. The van der Waals surface area contributed by atoms with Gasteiger partial charge in [0, 0.05) is 44.2 Å². The lowest BCUT2D eigenvalue weighted by Gasteiger charge is -2.21. The minimum absolute atomic E-state index is 0.235. The van der Waals surface area contributed by atoms with E-state index in [1.165, 1.54) is 0 Å². The maximum absolute atomic E-state index is 12.3. The highest BCUT2D eigenvalue weighted by Gasteiger charge is 2.30. The number of aryl methyl sites for hydroxylation is 1. The number of hydrogen-bond donors (Lipinski definition) is 3. The zero-order valence-corrected chi connectivity index (χ0v) is 11.7. The second kappa shape index (κ2) is 5.28. The number of piperidine rings is 1. The molecule has 0 radical (unpaired) electrons. The van der Waals surface area contributed by atoms with Crippen LogP contribution in [0.5, 0.6) is 0 Å². The largest absolute Gasteiger partial charge is 0.339 e. The number of carbonyl (C=O) groups excluding carboxylic acids is 3. The Morgan fingerprint density at radius 3 is 2.95 bits per heavy atom. The Morgan fingerprint density at radius 2 is 2.19 bits per heavy atom. The minimum atomic E-state index is -0.676. The maximum Gasteiger partial charge on any atom is 0.272 e. The molecule has 0 aromatic carbocycles. The van der Waals surface area contributed by atoms with Crippen molar-refractivity contribution in [3.05, 3.63) is 17.0 Å². The van der Waals surface area contributed by atoms with Crippen molar-refractivity contribution in [3.63, 3.8) is 0 Å². The third kappa shape index (κ3) is 2.54. The topological polar surface area (TPSA) is 105 Å². The van der Waals surface area contributed by atoms with E-state index in [4.69, 9.17) is 0 Å². The van der Waals surface area contributed by atoms with Gasteiger partial charge in [-0.05, 0) is 6.42 Å². The monoisotopic (exact) mass is 291 g/mol. The van der Waals surface area contributed by atoms with Crippen LogP contribution in [0.4, 0.5) is 0 Å². The number of amides is 3. The highest BCUT2D eigenvalue weighted by Crippen LogP contribution is 2.18. The summed E-state index contributed by atoms with van der Waals surface area (Å²) in [5.74, 6) is -1.13. The van der Waals surface area contributed by atoms with Crippen LogP contribution in [0.1, 0.15) is 34.6 Å². The highest BCUT2D eigenvalue weighted by molar-refractivity contribution is 6.03. The molecule has 21 heavy (non-hydrogen) atoms. The predicted molar refractivity (Wildman–Crippen MR) is 72.3 cm³/mol. The van der Waals surface area contributed by atoms with Gasteiger partial charge in [0.25, 0.3) is 5.91 Å². The van der Waals surface area contributed by atoms with Gasteiger partial charge in [-0.1, -0.05) is 0 Å². The zero-order chi connectivity index (χ0) is 15.0. The molecular weight excluding hydrogens is 274 g/mol. The summed E-state index contributed by atoms with van der Waals surface area (Å²) in [7, 11) is 1.81. The summed E-state index contributed by atoms with van der Waals surface area (Å²) in [5, 5.41) is 12.4. The standard InChI is InChI=1S/C13H17N5O3/c1-18-9-4-5-14-6-7(9)11(17-18)13(21)15-8-2-3-10(19)16-12(8)20/h8,14H,2-6H2,1H3,(H,15,21)(H,16,19,20)/t8-/m0/s1. The number of aromatic nitrogens is 2. The molecule has 8 heteroatoms. The molecule has 0 spiro atoms. The molecule has 3 N–H and O–H groups in total. The van der Waals surface area contributed by atoms with Crippen molar-refractivity contribution in [2.45, 2.75) is 31.8 Å². The van der Waals surface area contributed by atoms with E-state index in [1.807, 2.05) is 7.05 Å². The molecule has 1 fully saturated rings. The molecule has 1 aromatic rings. The normalized spacial score (nSPS) is 21.7. The van der Waals surface area contributed by atoms with E-state index in [-0.39, 0.29) is 18.2 Å². The van der Waals surface area contributed by atoms with E-state index in [1.54, 1.807) is 4.68 Å². The van der Waals surface area contributed by atoms with Crippen LogP contribution in [0.2, 0.25) is 0 Å². The van der Waals surface area contributed by atoms with Gasteiger partial charge in [0.05, 0.1) is 0 Å². The lowest BCUT2D eigenvalue weighted by molar-refractivity contribution is -0.134. The first kappa shape index (κ1) is 13.7. The average Bonchev–Trinajstić information content (AvgIpc) is 2.80. The number of nitrogens with one attached hydrogen (secondary N) is 3. The SMILES string of the molecule is Cn1nc(C(=O)N[C@H]2CCC(=O)NC2=O)c2c1CCNC2. The summed E-state index contributed by atoms with van der Waals surface area (Å²) < 4.78 is 1.72. The summed E-state index contributed by atoms with van der Waals surface area (Å²) in [6.45, 7) is 1.46. The van der Waals surface area contributed by atoms with Crippen LogP contribution in [0.3, 0.4) is 0 Å². The molecule has 3 amide bonds. The molecule has 3 rings (SSSR count). The lowest BCUT2D eigenvalue weighted by atomic mass is 10.0. The molecule has 8 nitrogen and oxygen atoms in total. The third-order valence-electron chi connectivity index (χ3n) is 3.87. The zero-order valence-electron chi connectivity index (χ0n) is 11.7. The van der Waals surface area contributed by atoms with E-state index >= 15 is 0 Å². The van der Waals surface area contributed by atoms with Crippen molar-refractivity contribution in [2.24, 2.45) is 7.05 Å². The van der Waals surface area contributed by atoms with E-state index in [0.29, 0.717) is 18.7 Å². The number of imide groups is 1. The first-order valence-corrected chi connectivity index (χ1v) is 6.96. The van der Waals surface area contributed by atoms with E-state index in [2.05, 4.69) is 21.0 Å². The molecule has 0 saturated carbocycles. The summed E-state index contributed by atoms with van der Waals surface area (Å²) in [4.78, 5) is 35.1. The van der Waals surface area contributed by atoms with Crippen molar-refractivity contribution in [2.75, 3.05) is 6.54 Å². The highest BCUT2D eigenvalue weighted by atomic mass is 16.2. The van der Waals surface area contributed by atoms with Gasteiger partial charge in [0.2, 0.25) is 11.8 Å². The Labute approximate surface area is 121 Å². The van der Waals surface area contributed by atoms with Crippen molar-refractivity contribution in [1.82, 2.24) is 25.7 Å². The fourth-order valence-electron chi connectivity index (χ4n) is 2.76. The van der Waals surface area contributed by atoms with E-state index in [9.17, 15) is 14.4 Å². The predicted octanol–water partition coefficient (Wildman–Crippen LogP) is -1.40. The van der Waals surface area contributed by atoms with Crippen molar-refractivity contribution < 1.29 is 14.4 Å². The Balaban J connectivity index is 1.77. The second-order valence-corrected chi connectivity index (χ2v) is 5.30. The molecule has 1 atom stereocenters. The fourth-order valence-corrected chi connectivity index (χ4v) is 2.76. The van der Waals surface area contributed by atoms with Crippen LogP contribution < -0.4 is 16.0 Å². The number of fused-ring (bicyclic) bond motifs is 1. The molecule has 0 bridgehead atoms. The molecule has 0 unspecified atom stereocenters. The van der Waals surface area contributed by atoms with Crippen LogP contribution in [-0.4, -0.2) is 40.1 Å². The van der Waals surface area contributed by atoms with Crippen molar-refractivity contribution in [1.29, 1.82) is 0 Å². The van der Waals surface area contributed by atoms with Gasteiger partial charge in [0.1, 0.15) is 6.04 Å². The van der Waals surface area contributed by atoms with Crippen LogP contribution >= 0.6 is 0 Å². The Hall–Kier alpha value is -2.22. The molecule has 0 aliphatic carbocycles. The molecule has 1 aromatic heterocycles. The van der Waals surface area contributed by atoms with E-state index in [0.717, 1.165) is 24.2 Å². The van der Waals surface area contributed by atoms with Gasteiger partial charge >= 0.3 is 0 Å². The lowest BCUT2D eigenvalue weighted by Crippen LogP contribution is -2.52. The molecular formula is C13H17N5O3. The Morgan fingerprint density at radius 1 is 1.38 bits per heavy atom. The minimum Gasteiger partial charge on any atom is -0.339 e. The summed E-state index contributed by atoms with van der Waals surface area (Å²) in [6, 6.07) is -0.676. The van der Waals surface area contributed by atoms with Crippen LogP contribution in [0.25, 0.3) is 0 Å². The number of rotatable bonds is 2. The number of hydrogen-bond acceptors (Lipinski definition) is 5. The molecule has 1 saturated heterocycles.